The number of hydrogen-bond donors (Lipinski definition) is 1. The second-order valence-corrected chi connectivity index (χ2v) is 3.26. The second-order valence-electron chi connectivity index (χ2n) is 2.50. The van der Waals surface area contributed by atoms with Crippen LogP contribution in [-0.2, 0) is 0 Å². The summed E-state index contributed by atoms with van der Waals surface area (Å²) in [6, 6.07) is 0. The molecular weight excluding hydrogens is 214 g/mol. The van der Waals surface area contributed by atoms with Crippen LogP contribution in [0.2, 0.25) is 0 Å². The van der Waals surface area contributed by atoms with Crippen LogP contribution in [0.15, 0.2) is 12.4 Å². The van der Waals surface area contributed by atoms with E-state index in [0.717, 1.165) is 5.56 Å². The van der Waals surface area contributed by atoms with E-state index in [1.54, 1.807) is 6.20 Å². The number of hydrogen-bond acceptors (Lipinski definition) is 5. The topological polar surface area (TPSA) is 124 Å². The molecule has 14 heavy (non-hydrogen) atoms. The number of aromatic nitrogens is 2. The summed E-state index contributed by atoms with van der Waals surface area (Å²) >= 11 is 0. The van der Waals surface area contributed by atoms with Gasteiger partial charge in [-0.3, -0.25) is 5.10 Å². The first-order valence-corrected chi connectivity index (χ1v) is 4.64. The molecule has 0 aliphatic carbocycles. The van der Waals surface area contributed by atoms with E-state index in [4.69, 9.17) is 18.6 Å². The van der Waals surface area contributed by atoms with Crippen LogP contribution < -0.4 is 18.6 Å². The van der Waals surface area contributed by atoms with E-state index in [1.807, 2.05) is 31.1 Å². The molecule has 1 aromatic heterocycles. The van der Waals surface area contributed by atoms with Gasteiger partial charge in [-0.1, -0.05) is 0 Å². The van der Waals surface area contributed by atoms with Gasteiger partial charge in [0.15, 0.2) is 6.21 Å². The molecule has 1 heterocycles. The van der Waals surface area contributed by atoms with Gasteiger partial charge < -0.3 is 0 Å². The Bertz CT molecular complexity index is 270. The lowest BCUT2D eigenvalue weighted by Gasteiger charge is -2.17. The summed E-state index contributed by atoms with van der Waals surface area (Å²) < 4.78 is 35.9. The van der Waals surface area contributed by atoms with Crippen molar-refractivity contribution in [1.29, 1.82) is 0 Å². The summed E-state index contributed by atoms with van der Waals surface area (Å²) in [4.78, 5) is 0. The predicted molar refractivity (Wildman–Crippen MR) is 35.9 cm³/mol. The minimum atomic E-state index is -4.94. The van der Waals surface area contributed by atoms with Crippen molar-refractivity contribution in [3.63, 3.8) is 0 Å². The fourth-order valence-corrected chi connectivity index (χ4v) is 0.630. The molecule has 0 bridgehead atoms. The maximum absolute atomic E-state index is 8.49. The molecule has 0 atom stereocenters. The SMILES string of the molecule is C[N+](C)=Cc1cn[nH]c1.[O-][Cl+3]([O-])([O-])[O-]. The van der Waals surface area contributed by atoms with Crippen LogP contribution >= 0.6 is 0 Å². The highest BCUT2D eigenvalue weighted by atomic mass is 35.7. The molecule has 80 valence electrons. The zero-order valence-electron chi connectivity index (χ0n) is 7.64. The van der Waals surface area contributed by atoms with Crippen molar-refractivity contribution in [3.8, 4) is 0 Å². The Kier molecular flexibility index (Phi) is 5.28. The van der Waals surface area contributed by atoms with Crippen molar-refractivity contribution in [2.24, 2.45) is 0 Å². The summed E-state index contributed by atoms with van der Waals surface area (Å²) in [7, 11) is -0.986. The maximum Gasteiger partial charge on any atom is 0.173 e. The van der Waals surface area contributed by atoms with E-state index >= 15 is 0 Å². The fourth-order valence-electron chi connectivity index (χ4n) is 0.630. The molecule has 0 unspecified atom stereocenters. The fraction of sp³-hybridized carbons (Fsp3) is 0.333. The molecule has 0 aliphatic heterocycles. The molecule has 0 aliphatic rings. The molecule has 0 amide bonds. The molecule has 0 spiro atoms. The summed E-state index contributed by atoms with van der Waals surface area (Å²) in [6.45, 7) is 0. The van der Waals surface area contributed by atoms with E-state index in [1.165, 1.54) is 0 Å². The van der Waals surface area contributed by atoms with Crippen molar-refractivity contribution in [3.05, 3.63) is 18.0 Å². The van der Waals surface area contributed by atoms with E-state index in [-0.39, 0.29) is 0 Å². The van der Waals surface area contributed by atoms with Crippen molar-refractivity contribution < 1.29 is 33.5 Å². The molecular formula is C6H10ClN3O4. The number of H-pyrrole nitrogens is 1. The van der Waals surface area contributed by atoms with Gasteiger partial charge in [-0.25, -0.2) is 23.2 Å². The van der Waals surface area contributed by atoms with Crippen molar-refractivity contribution in [2.75, 3.05) is 14.1 Å². The molecule has 8 heteroatoms. The van der Waals surface area contributed by atoms with Crippen LogP contribution in [0.4, 0.5) is 0 Å². The summed E-state index contributed by atoms with van der Waals surface area (Å²) in [5.41, 5.74) is 1.10. The van der Waals surface area contributed by atoms with Gasteiger partial charge in [-0.05, 0) is 0 Å². The highest BCUT2D eigenvalue weighted by Crippen LogP contribution is 1.85. The molecule has 0 fully saturated rings. The molecule has 7 nitrogen and oxygen atoms in total. The number of aromatic amines is 1. The van der Waals surface area contributed by atoms with Gasteiger partial charge in [0.2, 0.25) is 0 Å². The van der Waals surface area contributed by atoms with Crippen LogP contribution in [-0.4, -0.2) is 35.1 Å². The lowest BCUT2D eigenvalue weighted by molar-refractivity contribution is -2.00. The standard InChI is InChI=1S/C6H9N3.ClHO4/c1-9(2)5-6-3-7-8-4-6;2-1(3,4)5/h3-5H,1-2H3;(H,2,3,4,5). The third kappa shape index (κ3) is 11.0. The Balaban J connectivity index is 0.000000292. The summed E-state index contributed by atoms with van der Waals surface area (Å²) in [6.07, 6.45) is 5.61. The third-order valence-corrected chi connectivity index (χ3v) is 0.927. The van der Waals surface area contributed by atoms with E-state index in [9.17, 15) is 0 Å². The normalized spacial score (nSPS) is 10.1. The Morgan fingerprint density at radius 3 is 2.14 bits per heavy atom. The average Bonchev–Trinajstić information content (AvgIpc) is 2.33. The Hall–Kier alpha value is -0.990. The van der Waals surface area contributed by atoms with Gasteiger partial charge in [-0.2, -0.15) is 5.10 Å². The highest BCUT2D eigenvalue weighted by Gasteiger charge is 1.90. The molecule has 1 rings (SSSR count). The Labute approximate surface area is 82.7 Å². The third-order valence-electron chi connectivity index (χ3n) is 0.927. The monoisotopic (exact) mass is 223 g/mol. The average molecular weight is 224 g/mol. The second kappa shape index (κ2) is 5.68. The number of halogens is 1. The highest BCUT2D eigenvalue weighted by molar-refractivity contribution is 5.74. The molecule has 1 aromatic rings. The Morgan fingerprint density at radius 1 is 1.36 bits per heavy atom. The van der Waals surface area contributed by atoms with Crippen molar-refractivity contribution in [2.45, 2.75) is 0 Å². The van der Waals surface area contributed by atoms with Crippen LogP contribution in [0, 0.1) is 10.2 Å². The molecule has 0 saturated carbocycles. The summed E-state index contributed by atoms with van der Waals surface area (Å²) in [5.74, 6) is 0. The van der Waals surface area contributed by atoms with Crippen molar-refractivity contribution in [1.82, 2.24) is 10.2 Å². The number of rotatable bonds is 1. The molecule has 0 aromatic carbocycles. The quantitative estimate of drug-likeness (QED) is 0.379. The van der Waals surface area contributed by atoms with Gasteiger partial charge in [-0.15, -0.1) is 10.2 Å². The van der Waals surface area contributed by atoms with E-state index in [0.29, 0.717) is 0 Å². The molecule has 1 N–H and O–H groups in total. The first kappa shape index (κ1) is 13.0. The first-order valence-electron chi connectivity index (χ1n) is 3.41. The lowest BCUT2D eigenvalue weighted by Crippen LogP contribution is -2.68. The van der Waals surface area contributed by atoms with Gasteiger partial charge >= 0.3 is 0 Å². The minimum Gasteiger partial charge on any atom is -0.285 e. The molecule has 0 radical (unpaired) electrons. The Morgan fingerprint density at radius 2 is 1.86 bits per heavy atom. The predicted octanol–water partition coefficient (Wildman–Crippen LogP) is -4.66. The van der Waals surface area contributed by atoms with Gasteiger partial charge in [0, 0.05) is 6.20 Å². The van der Waals surface area contributed by atoms with Crippen LogP contribution in [0.1, 0.15) is 5.56 Å². The van der Waals surface area contributed by atoms with E-state index in [2.05, 4.69) is 10.2 Å². The maximum atomic E-state index is 8.49. The zero-order valence-corrected chi connectivity index (χ0v) is 8.39. The largest absolute Gasteiger partial charge is 0.285 e. The van der Waals surface area contributed by atoms with Gasteiger partial charge in [0.25, 0.3) is 0 Å². The van der Waals surface area contributed by atoms with Crippen LogP contribution in [0.5, 0.6) is 0 Å². The van der Waals surface area contributed by atoms with Crippen molar-refractivity contribution >= 4 is 6.21 Å². The first-order chi connectivity index (χ1) is 6.29. The lowest BCUT2D eigenvalue weighted by atomic mass is 10.4. The van der Waals surface area contributed by atoms with Gasteiger partial charge in [0.1, 0.15) is 14.1 Å². The number of nitrogens with zero attached hydrogens (tertiary/aromatic N) is 2. The smallest absolute Gasteiger partial charge is 0.173 e. The summed E-state index contributed by atoms with van der Waals surface area (Å²) in [5, 5.41) is 6.52. The minimum absolute atomic E-state index is 1.10. The van der Waals surface area contributed by atoms with Gasteiger partial charge in [0.05, 0.1) is 11.8 Å². The van der Waals surface area contributed by atoms with E-state index < -0.39 is 10.2 Å². The molecule has 0 saturated heterocycles. The number of nitrogens with one attached hydrogen (secondary N) is 1. The van der Waals surface area contributed by atoms with Crippen LogP contribution in [0.3, 0.4) is 0 Å². The van der Waals surface area contributed by atoms with Crippen LogP contribution in [0.25, 0.3) is 0 Å². The zero-order chi connectivity index (χ0) is 11.2.